The van der Waals surface area contributed by atoms with Crippen LogP contribution in [0.5, 0.6) is 0 Å². The van der Waals surface area contributed by atoms with Crippen LogP contribution in [-0.4, -0.2) is 18.5 Å². The molecule has 0 aliphatic heterocycles. The maximum atomic E-state index is 5.99. The molecule has 0 amide bonds. The van der Waals surface area contributed by atoms with Crippen molar-refractivity contribution in [2.75, 3.05) is 13.6 Å². The third-order valence-electron chi connectivity index (χ3n) is 3.33. The van der Waals surface area contributed by atoms with E-state index in [1.54, 1.807) is 11.3 Å². The summed E-state index contributed by atoms with van der Waals surface area (Å²) in [5, 5.41) is 2.12. The minimum absolute atomic E-state index is 0.266. The largest absolute Gasteiger partial charge is 0.329 e. The molecule has 1 aromatic carbocycles. The number of benzene rings is 1. The SMILES string of the molecule is Cc1ccccc1C(CN)N(C)Cc1cc(Br)cs1. The highest BCUT2D eigenvalue weighted by atomic mass is 79.9. The van der Waals surface area contributed by atoms with Crippen LogP contribution in [0.2, 0.25) is 0 Å². The molecule has 1 aromatic heterocycles. The first kappa shape index (κ1) is 14.7. The molecule has 2 aromatic rings. The van der Waals surface area contributed by atoms with Crippen LogP contribution in [0.4, 0.5) is 0 Å². The van der Waals surface area contributed by atoms with Crippen LogP contribution in [-0.2, 0) is 6.54 Å². The molecule has 0 radical (unpaired) electrons. The average Bonchev–Trinajstić information content (AvgIpc) is 2.78. The Hall–Kier alpha value is -0.680. The van der Waals surface area contributed by atoms with E-state index in [1.165, 1.54) is 16.0 Å². The molecule has 2 rings (SSSR count). The van der Waals surface area contributed by atoms with Crippen molar-refractivity contribution < 1.29 is 0 Å². The Bertz CT molecular complexity index is 538. The van der Waals surface area contributed by atoms with E-state index in [4.69, 9.17) is 5.73 Å². The van der Waals surface area contributed by atoms with Gasteiger partial charge in [-0.3, -0.25) is 4.90 Å². The first-order valence-corrected chi connectivity index (χ1v) is 7.98. The van der Waals surface area contributed by atoms with E-state index >= 15 is 0 Å². The fourth-order valence-electron chi connectivity index (χ4n) is 2.30. The van der Waals surface area contributed by atoms with Crippen LogP contribution >= 0.6 is 27.3 Å². The topological polar surface area (TPSA) is 29.3 Å². The molecule has 2 N–H and O–H groups in total. The second-order valence-corrected chi connectivity index (χ2v) is 6.67. The molecule has 0 saturated heterocycles. The van der Waals surface area contributed by atoms with Gasteiger partial charge in [-0.1, -0.05) is 24.3 Å². The maximum Gasteiger partial charge on any atom is 0.0473 e. The van der Waals surface area contributed by atoms with Crippen LogP contribution < -0.4 is 5.73 Å². The monoisotopic (exact) mass is 338 g/mol. The van der Waals surface area contributed by atoms with Gasteiger partial charge in [0.15, 0.2) is 0 Å². The average molecular weight is 339 g/mol. The number of halogens is 1. The first-order chi connectivity index (χ1) is 9.11. The van der Waals surface area contributed by atoms with Gasteiger partial charge in [0.1, 0.15) is 0 Å². The van der Waals surface area contributed by atoms with E-state index in [1.807, 2.05) is 0 Å². The summed E-state index contributed by atoms with van der Waals surface area (Å²) in [6, 6.07) is 10.9. The van der Waals surface area contributed by atoms with Crippen molar-refractivity contribution in [3.8, 4) is 0 Å². The quantitative estimate of drug-likeness (QED) is 0.894. The van der Waals surface area contributed by atoms with Crippen LogP contribution in [0.15, 0.2) is 40.2 Å². The second kappa shape index (κ2) is 6.66. The standard InChI is InChI=1S/C15H19BrN2S/c1-11-5-3-4-6-14(11)15(8-17)18(2)9-13-7-12(16)10-19-13/h3-7,10,15H,8-9,17H2,1-2H3. The van der Waals surface area contributed by atoms with Crippen molar-refractivity contribution in [1.82, 2.24) is 4.90 Å². The van der Waals surface area contributed by atoms with Gasteiger partial charge in [0.25, 0.3) is 0 Å². The molecule has 19 heavy (non-hydrogen) atoms. The van der Waals surface area contributed by atoms with Crippen LogP contribution in [0.25, 0.3) is 0 Å². The number of thiophene rings is 1. The molecule has 0 aliphatic rings. The van der Waals surface area contributed by atoms with E-state index in [9.17, 15) is 0 Å². The minimum atomic E-state index is 0.266. The summed E-state index contributed by atoms with van der Waals surface area (Å²) < 4.78 is 1.15. The molecule has 0 fully saturated rings. The number of likely N-dealkylation sites (N-methyl/N-ethyl adjacent to an activating group) is 1. The summed E-state index contributed by atoms with van der Waals surface area (Å²) >= 11 is 5.28. The maximum absolute atomic E-state index is 5.99. The fraction of sp³-hybridized carbons (Fsp3) is 0.333. The molecule has 0 aliphatic carbocycles. The van der Waals surface area contributed by atoms with Gasteiger partial charge in [-0.05, 0) is 47.1 Å². The van der Waals surface area contributed by atoms with E-state index in [0.717, 1.165) is 11.0 Å². The van der Waals surface area contributed by atoms with Crippen molar-refractivity contribution in [2.45, 2.75) is 19.5 Å². The summed E-state index contributed by atoms with van der Waals surface area (Å²) in [6.45, 7) is 3.70. The summed E-state index contributed by atoms with van der Waals surface area (Å²) in [4.78, 5) is 3.67. The number of rotatable bonds is 5. The Morgan fingerprint density at radius 1 is 1.37 bits per heavy atom. The van der Waals surface area contributed by atoms with Crippen molar-refractivity contribution >= 4 is 27.3 Å². The first-order valence-electron chi connectivity index (χ1n) is 6.30. The zero-order chi connectivity index (χ0) is 13.8. The number of nitrogens with two attached hydrogens (primary N) is 1. The van der Waals surface area contributed by atoms with Crippen LogP contribution in [0.3, 0.4) is 0 Å². The van der Waals surface area contributed by atoms with Crippen molar-refractivity contribution in [1.29, 1.82) is 0 Å². The molecular weight excluding hydrogens is 320 g/mol. The summed E-state index contributed by atoms with van der Waals surface area (Å²) in [7, 11) is 2.14. The summed E-state index contributed by atoms with van der Waals surface area (Å²) in [5.74, 6) is 0. The molecule has 1 unspecified atom stereocenters. The number of aryl methyl sites for hydroxylation is 1. The third-order valence-corrected chi connectivity index (χ3v) is 5.01. The van der Waals surface area contributed by atoms with Gasteiger partial charge >= 0.3 is 0 Å². The van der Waals surface area contributed by atoms with E-state index in [0.29, 0.717) is 6.54 Å². The fourth-order valence-corrected chi connectivity index (χ4v) is 3.81. The van der Waals surface area contributed by atoms with E-state index in [-0.39, 0.29) is 6.04 Å². The highest BCUT2D eigenvalue weighted by molar-refractivity contribution is 9.10. The predicted molar refractivity (Wildman–Crippen MR) is 86.5 cm³/mol. The molecule has 1 heterocycles. The Morgan fingerprint density at radius 2 is 2.11 bits per heavy atom. The lowest BCUT2D eigenvalue weighted by molar-refractivity contribution is 0.243. The Kier molecular flexibility index (Phi) is 5.16. The Morgan fingerprint density at radius 3 is 2.68 bits per heavy atom. The normalized spacial score (nSPS) is 12.9. The van der Waals surface area contributed by atoms with E-state index < -0.39 is 0 Å². The van der Waals surface area contributed by atoms with Gasteiger partial charge in [0.05, 0.1) is 0 Å². The van der Waals surface area contributed by atoms with Crippen molar-refractivity contribution in [2.24, 2.45) is 5.73 Å². The molecule has 0 spiro atoms. The zero-order valence-electron chi connectivity index (χ0n) is 11.3. The molecule has 4 heteroatoms. The molecule has 0 bridgehead atoms. The zero-order valence-corrected chi connectivity index (χ0v) is 13.7. The van der Waals surface area contributed by atoms with Crippen molar-refractivity contribution in [3.63, 3.8) is 0 Å². The lowest BCUT2D eigenvalue weighted by Crippen LogP contribution is -2.30. The van der Waals surface area contributed by atoms with Crippen molar-refractivity contribution in [3.05, 3.63) is 56.2 Å². The Labute approximate surface area is 127 Å². The third kappa shape index (κ3) is 3.66. The molecular formula is C15H19BrN2S. The van der Waals surface area contributed by atoms with Gasteiger partial charge < -0.3 is 5.73 Å². The molecule has 2 nitrogen and oxygen atoms in total. The van der Waals surface area contributed by atoms with Gasteiger partial charge in [-0.2, -0.15) is 0 Å². The van der Waals surface area contributed by atoms with Crippen LogP contribution in [0.1, 0.15) is 22.0 Å². The van der Waals surface area contributed by atoms with Crippen LogP contribution in [0, 0.1) is 6.92 Å². The predicted octanol–water partition coefficient (Wildman–Crippen LogP) is 3.95. The second-order valence-electron chi connectivity index (χ2n) is 4.75. The molecule has 0 saturated carbocycles. The summed E-state index contributed by atoms with van der Waals surface area (Å²) in [6.07, 6.45) is 0. The lowest BCUT2D eigenvalue weighted by atomic mass is 10.0. The number of hydrogen-bond acceptors (Lipinski definition) is 3. The molecule has 102 valence electrons. The smallest absolute Gasteiger partial charge is 0.0473 e. The lowest BCUT2D eigenvalue weighted by Gasteiger charge is -2.28. The highest BCUT2D eigenvalue weighted by Gasteiger charge is 2.17. The minimum Gasteiger partial charge on any atom is -0.329 e. The van der Waals surface area contributed by atoms with Gasteiger partial charge in [0.2, 0.25) is 0 Å². The number of nitrogens with zero attached hydrogens (tertiary/aromatic N) is 1. The highest BCUT2D eigenvalue weighted by Crippen LogP contribution is 2.26. The van der Waals surface area contributed by atoms with Gasteiger partial charge in [-0.15, -0.1) is 11.3 Å². The van der Waals surface area contributed by atoms with Gasteiger partial charge in [0, 0.05) is 33.9 Å². The number of hydrogen-bond donors (Lipinski definition) is 1. The van der Waals surface area contributed by atoms with Gasteiger partial charge in [-0.25, -0.2) is 0 Å². The van der Waals surface area contributed by atoms with E-state index in [2.05, 4.69) is 70.5 Å². The summed E-state index contributed by atoms with van der Waals surface area (Å²) in [5.41, 5.74) is 8.61. The molecule has 1 atom stereocenters. The Balaban J connectivity index is 2.15.